The topological polar surface area (TPSA) is 60.2 Å². The molecule has 96 valence electrons. The third-order valence-electron chi connectivity index (χ3n) is 3.00. The van der Waals surface area contributed by atoms with Gasteiger partial charge in [-0.2, -0.15) is 4.98 Å². The summed E-state index contributed by atoms with van der Waals surface area (Å²) in [7, 11) is 0. The molecule has 0 spiro atoms. The van der Waals surface area contributed by atoms with Crippen LogP contribution in [0.25, 0.3) is 0 Å². The van der Waals surface area contributed by atoms with Crippen LogP contribution in [-0.4, -0.2) is 29.3 Å². The average molecular weight is 239 g/mol. The zero-order chi connectivity index (χ0) is 12.1. The van der Waals surface area contributed by atoms with Crippen LogP contribution in [0, 0.1) is 5.92 Å². The van der Waals surface area contributed by atoms with E-state index in [2.05, 4.69) is 22.4 Å². The Balaban J connectivity index is 1.85. The highest BCUT2D eigenvalue weighted by Gasteiger charge is 2.31. The van der Waals surface area contributed by atoms with Gasteiger partial charge in [-0.3, -0.25) is 0 Å². The quantitative estimate of drug-likeness (QED) is 0.745. The molecule has 0 saturated heterocycles. The van der Waals surface area contributed by atoms with E-state index in [-0.39, 0.29) is 0 Å². The first-order valence-corrected chi connectivity index (χ1v) is 6.46. The van der Waals surface area contributed by atoms with Crippen LogP contribution in [0.5, 0.6) is 0 Å². The summed E-state index contributed by atoms with van der Waals surface area (Å²) in [5.41, 5.74) is 0. The van der Waals surface area contributed by atoms with E-state index >= 15 is 0 Å². The number of nitrogens with one attached hydrogen (secondary N) is 1. The lowest BCUT2D eigenvalue weighted by Crippen LogP contribution is -2.33. The van der Waals surface area contributed by atoms with Crippen LogP contribution in [0.4, 0.5) is 0 Å². The molecule has 1 fully saturated rings. The van der Waals surface area contributed by atoms with Gasteiger partial charge in [0, 0.05) is 19.1 Å². The normalized spacial score (nSPS) is 17.3. The molecule has 5 nitrogen and oxygen atoms in total. The van der Waals surface area contributed by atoms with Crippen LogP contribution < -0.4 is 5.32 Å². The molecule has 2 rings (SSSR count). The van der Waals surface area contributed by atoms with E-state index in [4.69, 9.17) is 9.26 Å². The van der Waals surface area contributed by atoms with Crippen molar-refractivity contribution in [3.05, 3.63) is 11.7 Å². The average Bonchev–Trinajstić information content (AvgIpc) is 3.08. The van der Waals surface area contributed by atoms with Crippen LogP contribution in [0.15, 0.2) is 4.52 Å². The summed E-state index contributed by atoms with van der Waals surface area (Å²) < 4.78 is 10.5. The summed E-state index contributed by atoms with van der Waals surface area (Å²) in [4.78, 5) is 4.34. The molecule has 1 atom stereocenters. The van der Waals surface area contributed by atoms with Gasteiger partial charge in [-0.05, 0) is 32.2 Å². The van der Waals surface area contributed by atoms with Crippen LogP contribution >= 0.6 is 0 Å². The number of aromatic nitrogens is 2. The molecule has 1 saturated carbocycles. The van der Waals surface area contributed by atoms with Gasteiger partial charge in [0.2, 0.25) is 5.89 Å². The van der Waals surface area contributed by atoms with Gasteiger partial charge in [-0.25, -0.2) is 0 Å². The lowest BCUT2D eigenvalue weighted by Gasteiger charge is -2.14. The molecule has 1 aromatic heterocycles. The third-order valence-corrected chi connectivity index (χ3v) is 3.00. The Bertz CT molecular complexity index is 336. The highest BCUT2D eigenvalue weighted by molar-refractivity contribution is 4.94. The molecule has 0 amide bonds. The van der Waals surface area contributed by atoms with Crippen molar-refractivity contribution in [2.75, 3.05) is 13.2 Å². The van der Waals surface area contributed by atoms with Crippen LogP contribution in [0.3, 0.4) is 0 Å². The van der Waals surface area contributed by atoms with Crippen molar-refractivity contribution in [1.29, 1.82) is 0 Å². The summed E-state index contributed by atoms with van der Waals surface area (Å²) in [6.45, 7) is 6.18. The predicted octanol–water partition coefficient (Wildman–Crippen LogP) is 1.54. The molecule has 5 heteroatoms. The Kier molecular flexibility index (Phi) is 4.50. The molecule has 0 radical (unpaired) electrons. The number of likely N-dealkylation sites (N-methyl/N-ethyl adjacent to an activating group) is 1. The van der Waals surface area contributed by atoms with E-state index in [0.717, 1.165) is 24.8 Å². The highest BCUT2D eigenvalue weighted by Crippen LogP contribution is 2.33. The second kappa shape index (κ2) is 6.12. The third kappa shape index (κ3) is 3.78. The molecule has 0 bridgehead atoms. The van der Waals surface area contributed by atoms with Gasteiger partial charge in [0.15, 0.2) is 5.82 Å². The van der Waals surface area contributed by atoms with Gasteiger partial charge in [0.1, 0.15) is 6.61 Å². The van der Waals surface area contributed by atoms with Crippen LogP contribution in [0.1, 0.15) is 38.4 Å². The molecule has 1 aromatic rings. The van der Waals surface area contributed by atoms with E-state index in [1.807, 2.05) is 6.92 Å². The monoisotopic (exact) mass is 239 g/mol. The number of hydrogen-bond acceptors (Lipinski definition) is 5. The molecule has 1 aliphatic carbocycles. The Morgan fingerprint density at radius 3 is 2.94 bits per heavy atom. The van der Waals surface area contributed by atoms with Gasteiger partial charge in [0.25, 0.3) is 0 Å². The molecule has 1 N–H and O–H groups in total. The minimum absolute atomic E-state index is 0.440. The summed E-state index contributed by atoms with van der Waals surface area (Å²) in [6.07, 6.45) is 3.47. The number of nitrogens with zero attached hydrogens (tertiary/aromatic N) is 2. The smallest absolute Gasteiger partial charge is 0.228 e. The minimum atomic E-state index is 0.440. The molecule has 0 aromatic carbocycles. The van der Waals surface area contributed by atoms with Gasteiger partial charge < -0.3 is 14.6 Å². The fourth-order valence-electron chi connectivity index (χ4n) is 1.98. The number of rotatable bonds is 8. The fraction of sp³-hybridized carbons (Fsp3) is 0.833. The maximum atomic E-state index is 5.24. The van der Waals surface area contributed by atoms with Crippen molar-refractivity contribution in [3.63, 3.8) is 0 Å². The second-order valence-electron chi connectivity index (χ2n) is 4.45. The number of ether oxygens (including phenoxy) is 1. The summed E-state index contributed by atoms with van der Waals surface area (Å²) in [6, 6.07) is 0.486. The minimum Gasteiger partial charge on any atom is -0.374 e. The van der Waals surface area contributed by atoms with Gasteiger partial charge >= 0.3 is 0 Å². The van der Waals surface area contributed by atoms with Crippen molar-refractivity contribution < 1.29 is 9.26 Å². The standard InChI is InChI=1S/C12H21N3O2/c1-3-13-10(9-5-6-9)7-12-14-11(15-17-12)8-16-4-2/h9-10,13H,3-8H2,1-2H3. The van der Waals surface area contributed by atoms with Crippen molar-refractivity contribution in [2.45, 2.75) is 45.8 Å². The second-order valence-corrected chi connectivity index (χ2v) is 4.45. The maximum Gasteiger partial charge on any atom is 0.228 e. The van der Waals surface area contributed by atoms with E-state index in [1.54, 1.807) is 0 Å². The largest absolute Gasteiger partial charge is 0.374 e. The molecule has 1 heterocycles. The lowest BCUT2D eigenvalue weighted by atomic mass is 10.1. The lowest BCUT2D eigenvalue weighted by molar-refractivity contribution is 0.126. The highest BCUT2D eigenvalue weighted by atomic mass is 16.5. The SMILES string of the molecule is CCNC(Cc1nc(COCC)no1)C1CC1. The number of hydrogen-bond donors (Lipinski definition) is 1. The van der Waals surface area contributed by atoms with Crippen molar-refractivity contribution in [3.8, 4) is 0 Å². The van der Waals surface area contributed by atoms with E-state index in [9.17, 15) is 0 Å². The molecule has 0 aliphatic heterocycles. The molecular weight excluding hydrogens is 218 g/mol. The summed E-state index contributed by atoms with van der Waals surface area (Å²) >= 11 is 0. The summed E-state index contributed by atoms with van der Waals surface area (Å²) in [5.74, 6) is 2.16. The maximum absolute atomic E-state index is 5.24. The molecule has 17 heavy (non-hydrogen) atoms. The van der Waals surface area contributed by atoms with Gasteiger partial charge in [0.05, 0.1) is 0 Å². The van der Waals surface area contributed by atoms with Gasteiger partial charge in [-0.1, -0.05) is 12.1 Å². The Morgan fingerprint density at radius 1 is 1.47 bits per heavy atom. The predicted molar refractivity (Wildman–Crippen MR) is 63.5 cm³/mol. The zero-order valence-corrected chi connectivity index (χ0v) is 10.6. The van der Waals surface area contributed by atoms with Crippen molar-refractivity contribution >= 4 is 0 Å². The van der Waals surface area contributed by atoms with Crippen LogP contribution in [0.2, 0.25) is 0 Å². The van der Waals surface area contributed by atoms with E-state index < -0.39 is 0 Å². The Hall–Kier alpha value is -0.940. The van der Waals surface area contributed by atoms with E-state index in [0.29, 0.717) is 25.1 Å². The Morgan fingerprint density at radius 2 is 2.29 bits per heavy atom. The first kappa shape index (κ1) is 12.5. The first-order chi connectivity index (χ1) is 8.33. The molecule has 1 aliphatic rings. The summed E-state index contributed by atoms with van der Waals surface area (Å²) in [5, 5.41) is 7.39. The zero-order valence-electron chi connectivity index (χ0n) is 10.6. The first-order valence-electron chi connectivity index (χ1n) is 6.46. The Labute approximate surface area is 102 Å². The van der Waals surface area contributed by atoms with Crippen LogP contribution in [-0.2, 0) is 17.8 Å². The fourth-order valence-corrected chi connectivity index (χ4v) is 1.98. The van der Waals surface area contributed by atoms with Crippen molar-refractivity contribution in [2.24, 2.45) is 5.92 Å². The van der Waals surface area contributed by atoms with Crippen molar-refractivity contribution in [1.82, 2.24) is 15.5 Å². The molecule has 1 unspecified atom stereocenters. The van der Waals surface area contributed by atoms with Gasteiger partial charge in [-0.15, -0.1) is 0 Å². The molecular formula is C12H21N3O2. The van der Waals surface area contributed by atoms with E-state index in [1.165, 1.54) is 12.8 Å².